The Labute approximate surface area is 253 Å². The van der Waals surface area contributed by atoms with Crippen molar-refractivity contribution in [1.29, 1.82) is 0 Å². The predicted octanol–water partition coefficient (Wildman–Crippen LogP) is 3.39. The highest BCUT2D eigenvalue weighted by Gasteiger charge is 2.39. The van der Waals surface area contributed by atoms with Gasteiger partial charge in [-0.3, -0.25) is 5.10 Å². The average Bonchev–Trinajstić information content (AvgIpc) is 3.95. The fourth-order valence-corrected chi connectivity index (χ4v) is 5.68. The zero-order chi connectivity index (χ0) is 30.1. The predicted molar refractivity (Wildman–Crippen MR) is 160 cm³/mol. The van der Waals surface area contributed by atoms with E-state index in [1.165, 1.54) is 6.33 Å². The van der Waals surface area contributed by atoms with Crippen molar-refractivity contribution in [3.05, 3.63) is 126 Å². The van der Waals surface area contributed by atoms with Gasteiger partial charge in [-0.25, -0.2) is 4.98 Å². The first-order chi connectivity index (χ1) is 22.3. The summed E-state index contributed by atoms with van der Waals surface area (Å²) in [4.78, 5) is 4.33. The minimum Gasteiger partial charge on any atom is -0.259 e. The third kappa shape index (κ3) is 4.51. The number of nitrogens with one attached hydrogen (secondary N) is 4. The van der Waals surface area contributed by atoms with Gasteiger partial charge in [-0.2, -0.15) is 20.7 Å². The molecule has 4 aromatic carbocycles. The molecule has 4 aromatic heterocycles. The van der Waals surface area contributed by atoms with Gasteiger partial charge in [0, 0.05) is 22.3 Å². The van der Waals surface area contributed by atoms with Gasteiger partial charge >= 0.3 is 0 Å². The zero-order valence-corrected chi connectivity index (χ0v) is 23.2. The van der Waals surface area contributed by atoms with E-state index in [1.54, 1.807) is 0 Å². The molecule has 0 aliphatic rings. The average molecular weight is 592 g/mol. The summed E-state index contributed by atoms with van der Waals surface area (Å²) in [5.74, 6) is 2.22. The van der Waals surface area contributed by atoms with Crippen molar-refractivity contribution in [2.45, 2.75) is 5.41 Å². The molecule has 8 rings (SSSR count). The normalized spacial score (nSPS) is 11.6. The van der Waals surface area contributed by atoms with Crippen molar-refractivity contribution in [2.75, 3.05) is 0 Å². The van der Waals surface area contributed by atoms with Gasteiger partial charge in [0.25, 0.3) is 0 Å². The van der Waals surface area contributed by atoms with Gasteiger partial charge in [0.05, 0.1) is 5.41 Å². The van der Waals surface area contributed by atoms with Crippen molar-refractivity contribution < 1.29 is 0 Å². The second kappa shape index (κ2) is 10.8. The number of hydrogen-bond donors (Lipinski definition) is 4. The largest absolute Gasteiger partial charge is 0.259 e. The van der Waals surface area contributed by atoms with Crippen LogP contribution >= 0.6 is 0 Å². The molecule has 0 radical (unpaired) electrons. The van der Waals surface area contributed by atoms with E-state index in [9.17, 15) is 0 Å². The van der Waals surface area contributed by atoms with Gasteiger partial charge in [-0.1, -0.05) is 97.1 Å². The Bertz CT molecular complexity index is 1790. The first-order valence-corrected chi connectivity index (χ1v) is 13.8. The number of tetrazole rings is 3. The Hall–Kier alpha value is -6.77. The van der Waals surface area contributed by atoms with Crippen LogP contribution in [0.2, 0.25) is 0 Å². The second-order valence-corrected chi connectivity index (χ2v) is 10.1. The minimum atomic E-state index is -0.776. The van der Waals surface area contributed by atoms with E-state index in [2.05, 4.69) is 126 Å². The van der Waals surface area contributed by atoms with Gasteiger partial charge in [-0.05, 0) is 37.9 Å². The SMILES string of the molecule is c1n[nH]c(-c2ccc(C(c3ccc(-c4nn[nH]n4)cc3)(c3ccc(-c4nn[nH]n4)cc3)c3ccc(-c4nn[nH]n4)cc3)cc2)n1. The fraction of sp³-hybridized carbons (Fsp3) is 0.0333. The third-order valence-corrected chi connectivity index (χ3v) is 7.77. The fourth-order valence-electron chi connectivity index (χ4n) is 5.68. The van der Waals surface area contributed by atoms with Crippen LogP contribution in [-0.2, 0) is 5.41 Å². The van der Waals surface area contributed by atoms with Crippen LogP contribution in [0.25, 0.3) is 45.6 Å². The number of rotatable bonds is 8. The first-order valence-electron chi connectivity index (χ1n) is 13.8. The van der Waals surface area contributed by atoms with Crippen molar-refractivity contribution in [1.82, 2.24) is 77.1 Å². The quantitative estimate of drug-likeness (QED) is 0.188. The van der Waals surface area contributed by atoms with Crippen molar-refractivity contribution in [3.8, 4) is 45.6 Å². The molecule has 15 heteroatoms. The van der Waals surface area contributed by atoms with E-state index in [1.807, 2.05) is 48.5 Å². The molecule has 0 aliphatic heterocycles. The lowest BCUT2D eigenvalue weighted by atomic mass is 9.64. The molecule has 0 bridgehead atoms. The van der Waals surface area contributed by atoms with E-state index >= 15 is 0 Å². The summed E-state index contributed by atoms with van der Waals surface area (Å²) < 4.78 is 0. The number of benzene rings is 4. The molecule has 15 nitrogen and oxygen atoms in total. The maximum Gasteiger partial charge on any atom is 0.204 e. The van der Waals surface area contributed by atoms with Crippen molar-refractivity contribution >= 4 is 0 Å². The van der Waals surface area contributed by atoms with Crippen LogP contribution in [0.15, 0.2) is 103 Å². The highest BCUT2D eigenvalue weighted by atomic mass is 15.5. The molecular weight excluding hydrogens is 570 g/mol. The molecule has 0 unspecified atom stereocenters. The summed E-state index contributed by atoms with van der Waals surface area (Å²) in [7, 11) is 0. The molecular formula is C30H21N15. The lowest BCUT2D eigenvalue weighted by molar-refractivity contribution is 0.745. The molecule has 0 saturated carbocycles. The Morgan fingerprint density at radius 1 is 0.422 bits per heavy atom. The highest BCUT2D eigenvalue weighted by Crippen LogP contribution is 2.46. The Morgan fingerprint density at radius 2 is 0.778 bits per heavy atom. The summed E-state index contributed by atoms with van der Waals surface area (Å²) in [5, 5.41) is 50.6. The molecule has 4 heterocycles. The van der Waals surface area contributed by atoms with Gasteiger partial charge in [0.1, 0.15) is 6.33 Å². The summed E-state index contributed by atoms with van der Waals surface area (Å²) >= 11 is 0. The van der Waals surface area contributed by atoms with Crippen LogP contribution in [-0.4, -0.2) is 77.1 Å². The molecule has 0 fully saturated rings. The molecule has 216 valence electrons. The lowest BCUT2D eigenvalue weighted by Gasteiger charge is -2.37. The van der Waals surface area contributed by atoms with Crippen LogP contribution in [0.1, 0.15) is 22.3 Å². The first kappa shape index (κ1) is 25.9. The molecule has 0 atom stereocenters. The van der Waals surface area contributed by atoms with Crippen molar-refractivity contribution in [3.63, 3.8) is 0 Å². The highest BCUT2D eigenvalue weighted by molar-refractivity contribution is 5.67. The maximum absolute atomic E-state index is 4.33. The second-order valence-electron chi connectivity index (χ2n) is 10.1. The number of hydrogen-bond acceptors (Lipinski definition) is 11. The maximum atomic E-state index is 4.33. The van der Waals surface area contributed by atoms with Crippen LogP contribution in [0.5, 0.6) is 0 Å². The Balaban J connectivity index is 1.35. The number of H-pyrrole nitrogens is 4. The monoisotopic (exact) mass is 591 g/mol. The lowest BCUT2D eigenvalue weighted by Crippen LogP contribution is -2.31. The zero-order valence-electron chi connectivity index (χ0n) is 23.2. The van der Waals surface area contributed by atoms with E-state index in [-0.39, 0.29) is 0 Å². The topological polar surface area (TPSA) is 205 Å². The standard InChI is InChI=1S/C30H21N15/c1-9-22(10-2-18(1)26-31-17-32-33-26)30(23-11-3-19(4-12-23)27-34-40-41-35-27,24-13-5-20(6-14-24)28-36-42-43-37-28)25-15-7-21(8-16-25)29-38-44-45-39-29/h1-17H,(H,31,32,33)(H,34,35,40,41)(H,36,37,42,43)(H,38,39,44,45). The van der Waals surface area contributed by atoms with Crippen LogP contribution in [0, 0.1) is 0 Å². The van der Waals surface area contributed by atoms with E-state index < -0.39 is 5.41 Å². The Morgan fingerprint density at radius 3 is 1.07 bits per heavy atom. The third-order valence-electron chi connectivity index (χ3n) is 7.77. The summed E-state index contributed by atoms with van der Waals surface area (Å²) in [6.45, 7) is 0. The minimum absolute atomic E-state index is 0.512. The number of aromatic nitrogens is 15. The van der Waals surface area contributed by atoms with Crippen molar-refractivity contribution in [2.24, 2.45) is 0 Å². The van der Waals surface area contributed by atoms with Crippen LogP contribution < -0.4 is 0 Å². The molecule has 45 heavy (non-hydrogen) atoms. The molecule has 0 saturated heterocycles. The molecule has 0 aliphatic carbocycles. The Kier molecular flexibility index (Phi) is 6.22. The molecule has 8 aromatic rings. The number of aromatic amines is 4. The van der Waals surface area contributed by atoms with Gasteiger partial charge in [0.2, 0.25) is 17.5 Å². The molecule has 0 amide bonds. The van der Waals surface area contributed by atoms with E-state index in [0.29, 0.717) is 23.3 Å². The summed E-state index contributed by atoms with van der Waals surface area (Å²) in [6.07, 6.45) is 1.50. The molecule has 4 N–H and O–H groups in total. The summed E-state index contributed by atoms with van der Waals surface area (Å²) in [6, 6.07) is 32.9. The number of nitrogens with zero attached hydrogens (tertiary/aromatic N) is 11. The smallest absolute Gasteiger partial charge is 0.204 e. The summed E-state index contributed by atoms with van der Waals surface area (Å²) in [5.41, 5.74) is 6.72. The van der Waals surface area contributed by atoms with E-state index in [4.69, 9.17) is 0 Å². The molecule has 0 spiro atoms. The van der Waals surface area contributed by atoms with Gasteiger partial charge in [-0.15, -0.1) is 30.6 Å². The van der Waals surface area contributed by atoms with Crippen LogP contribution in [0.3, 0.4) is 0 Å². The van der Waals surface area contributed by atoms with Gasteiger partial charge < -0.3 is 0 Å². The van der Waals surface area contributed by atoms with E-state index in [0.717, 1.165) is 44.5 Å². The van der Waals surface area contributed by atoms with Crippen LogP contribution in [0.4, 0.5) is 0 Å². The van der Waals surface area contributed by atoms with Gasteiger partial charge in [0.15, 0.2) is 5.82 Å².